The van der Waals surface area contributed by atoms with Gasteiger partial charge in [-0.3, -0.25) is 0 Å². The zero-order valence-electron chi connectivity index (χ0n) is 28.8. The molecule has 0 aliphatic heterocycles. The lowest BCUT2D eigenvalue weighted by atomic mass is 10.00. The molecule has 0 bridgehead atoms. The third-order valence-corrected chi connectivity index (χ3v) is 10.8. The van der Waals surface area contributed by atoms with Gasteiger partial charge in [-0.05, 0) is 87.8 Å². The molecular weight excluding hydrogens is 645 g/mol. The molecule has 0 fully saturated rings. The molecule has 0 spiro atoms. The average molecular weight is 677 g/mol. The first-order valence-corrected chi connectivity index (χ1v) is 18.1. The number of hydrogen-bond donors (Lipinski definition) is 0. The number of anilines is 3. The fourth-order valence-electron chi connectivity index (χ4n) is 8.36. The first-order chi connectivity index (χ1) is 26.3. The quantitative estimate of drug-likeness (QED) is 0.169. The van der Waals surface area contributed by atoms with Crippen LogP contribution in [0.1, 0.15) is 0 Å². The van der Waals surface area contributed by atoms with Crippen molar-refractivity contribution in [2.75, 3.05) is 4.90 Å². The Morgan fingerprint density at radius 3 is 1.92 bits per heavy atom. The largest absolute Gasteiger partial charge is 0.455 e. The normalized spacial score (nSPS) is 11.8. The maximum atomic E-state index is 6.45. The van der Waals surface area contributed by atoms with Crippen molar-refractivity contribution < 1.29 is 4.42 Å². The molecule has 11 rings (SSSR count). The number of nitrogens with zero attached hydrogens (tertiary/aromatic N) is 2. The smallest absolute Gasteiger partial charge is 0.143 e. The van der Waals surface area contributed by atoms with Crippen LogP contribution in [0.4, 0.5) is 17.1 Å². The van der Waals surface area contributed by atoms with Crippen LogP contribution in [0.15, 0.2) is 199 Å². The zero-order chi connectivity index (χ0) is 34.9. The van der Waals surface area contributed by atoms with Gasteiger partial charge >= 0.3 is 0 Å². The van der Waals surface area contributed by atoms with Gasteiger partial charge in [-0.2, -0.15) is 0 Å². The maximum Gasteiger partial charge on any atom is 0.143 e. The molecule has 53 heavy (non-hydrogen) atoms. The molecule has 9 aromatic carbocycles. The van der Waals surface area contributed by atoms with Gasteiger partial charge in [0.2, 0.25) is 0 Å². The van der Waals surface area contributed by atoms with Gasteiger partial charge in [0, 0.05) is 44.2 Å². The topological polar surface area (TPSA) is 21.3 Å². The van der Waals surface area contributed by atoms with Crippen LogP contribution in [-0.4, -0.2) is 4.57 Å². The summed E-state index contributed by atoms with van der Waals surface area (Å²) in [7, 11) is 0. The number of para-hydroxylation sites is 4. The second-order valence-electron chi connectivity index (χ2n) is 13.7. The van der Waals surface area contributed by atoms with Crippen LogP contribution < -0.4 is 4.90 Å². The summed E-state index contributed by atoms with van der Waals surface area (Å²) < 4.78 is 8.83. The van der Waals surface area contributed by atoms with Crippen molar-refractivity contribution in [3.63, 3.8) is 0 Å². The van der Waals surface area contributed by atoms with E-state index in [4.69, 9.17) is 4.42 Å². The fraction of sp³-hybridized carbons (Fsp3) is 0. The molecule has 0 aliphatic carbocycles. The number of aromatic nitrogens is 1. The van der Waals surface area contributed by atoms with Crippen LogP contribution in [0.5, 0.6) is 0 Å². The Morgan fingerprint density at radius 2 is 1.06 bits per heavy atom. The van der Waals surface area contributed by atoms with Crippen molar-refractivity contribution in [1.82, 2.24) is 4.57 Å². The van der Waals surface area contributed by atoms with E-state index in [1.54, 1.807) is 0 Å². The van der Waals surface area contributed by atoms with E-state index < -0.39 is 0 Å². The second kappa shape index (κ2) is 11.7. The van der Waals surface area contributed by atoms with E-state index in [-0.39, 0.29) is 0 Å². The Kier molecular flexibility index (Phi) is 6.55. The molecule has 0 saturated heterocycles. The van der Waals surface area contributed by atoms with E-state index >= 15 is 0 Å². The summed E-state index contributed by atoms with van der Waals surface area (Å²) in [6, 6.07) is 69.8. The van der Waals surface area contributed by atoms with Gasteiger partial charge < -0.3 is 13.9 Å². The average Bonchev–Trinajstić information content (AvgIpc) is 3.78. The monoisotopic (exact) mass is 676 g/mol. The summed E-state index contributed by atoms with van der Waals surface area (Å²) in [6.07, 6.45) is 0. The van der Waals surface area contributed by atoms with Crippen molar-refractivity contribution in [2.45, 2.75) is 0 Å². The van der Waals surface area contributed by atoms with E-state index in [1.807, 2.05) is 12.1 Å². The van der Waals surface area contributed by atoms with Crippen LogP contribution >= 0.6 is 0 Å². The van der Waals surface area contributed by atoms with Gasteiger partial charge in [0.05, 0.1) is 16.7 Å². The predicted molar refractivity (Wildman–Crippen MR) is 223 cm³/mol. The maximum absolute atomic E-state index is 6.45. The third kappa shape index (κ3) is 4.61. The summed E-state index contributed by atoms with van der Waals surface area (Å²) >= 11 is 0. The highest BCUT2D eigenvalue weighted by atomic mass is 16.3. The zero-order valence-corrected chi connectivity index (χ0v) is 28.8. The lowest BCUT2D eigenvalue weighted by Gasteiger charge is -2.27. The molecule has 0 atom stereocenters. The SMILES string of the molecule is c1ccc(-n2c3ccccc3c3c(N(c4ccc(-c5cccc6c5oc5ccccc56)cc4)c4ccc5ccc6ccccc6c5c4)cccc32)cc1. The molecule has 0 N–H and O–H groups in total. The number of benzene rings is 9. The molecule has 11 aromatic rings. The van der Waals surface area contributed by atoms with Crippen LogP contribution in [0.2, 0.25) is 0 Å². The first kappa shape index (κ1) is 29.6. The van der Waals surface area contributed by atoms with E-state index in [0.717, 1.165) is 55.8 Å². The lowest BCUT2D eigenvalue weighted by Crippen LogP contribution is -2.10. The van der Waals surface area contributed by atoms with E-state index in [9.17, 15) is 0 Å². The Bertz CT molecular complexity index is 3170. The van der Waals surface area contributed by atoms with E-state index in [0.29, 0.717) is 0 Å². The summed E-state index contributed by atoms with van der Waals surface area (Å²) in [5, 5.41) is 9.64. The van der Waals surface area contributed by atoms with Crippen molar-refractivity contribution in [3.05, 3.63) is 194 Å². The van der Waals surface area contributed by atoms with Gasteiger partial charge in [-0.15, -0.1) is 0 Å². The third-order valence-electron chi connectivity index (χ3n) is 10.8. The summed E-state index contributed by atoms with van der Waals surface area (Å²) in [6.45, 7) is 0. The highest BCUT2D eigenvalue weighted by Crippen LogP contribution is 2.45. The van der Waals surface area contributed by atoms with Crippen molar-refractivity contribution in [3.8, 4) is 16.8 Å². The van der Waals surface area contributed by atoms with Crippen molar-refractivity contribution in [2.24, 2.45) is 0 Å². The minimum Gasteiger partial charge on any atom is -0.455 e. The summed E-state index contributed by atoms with van der Waals surface area (Å²) in [4.78, 5) is 2.43. The Balaban J connectivity index is 1.16. The molecule has 248 valence electrons. The predicted octanol–water partition coefficient (Wildman–Crippen LogP) is 14.1. The fourth-order valence-corrected chi connectivity index (χ4v) is 8.36. The van der Waals surface area contributed by atoms with Crippen LogP contribution in [0.3, 0.4) is 0 Å². The first-order valence-electron chi connectivity index (χ1n) is 18.1. The molecule has 0 saturated carbocycles. The molecule has 0 amide bonds. The molecule has 3 nitrogen and oxygen atoms in total. The van der Waals surface area contributed by atoms with E-state index in [1.165, 1.54) is 43.4 Å². The van der Waals surface area contributed by atoms with Gasteiger partial charge in [0.1, 0.15) is 11.2 Å². The summed E-state index contributed by atoms with van der Waals surface area (Å²) in [5.41, 5.74) is 10.8. The van der Waals surface area contributed by atoms with Gasteiger partial charge in [0.25, 0.3) is 0 Å². The van der Waals surface area contributed by atoms with Crippen LogP contribution in [0, 0.1) is 0 Å². The number of hydrogen-bond acceptors (Lipinski definition) is 2. The highest BCUT2D eigenvalue weighted by molar-refractivity contribution is 6.17. The van der Waals surface area contributed by atoms with Crippen molar-refractivity contribution >= 4 is 82.4 Å². The number of rotatable bonds is 5. The Morgan fingerprint density at radius 1 is 0.415 bits per heavy atom. The Hall–Kier alpha value is -7.10. The van der Waals surface area contributed by atoms with Crippen LogP contribution in [-0.2, 0) is 0 Å². The summed E-state index contributed by atoms with van der Waals surface area (Å²) in [5.74, 6) is 0. The molecular formula is C50H32N2O. The van der Waals surface area contributed by atoms with Gasteiger partial charge in [-0.1, -0.05) is 133 Å². The number of fused-ring (bicyclic) bond motifs is 9. The van der Waals surface area contributed by atoms with Crippen molar-refractivity contribution in [1.29, 1.82) is 0 Å². The minimum absolute atomic E-state index is 0.907. The molecule has 0 radical (unpaired) electrons. The standard InChI is InChI=1S/C50H32N2O/c1-2-13-36(14-3-1)52-45-20-8-6-17-43(45)49-46(21-11-22-47(49)52)51(38-31-28-35-25-24-33-12-4-5-15-39(33)44(35)32-38)37-29-26-34(27-30-37)40-18-10-19-42-41-16-7-9-23-48(41)53-50(40)42/h1-32H. The van der Waals surface area contributed by atoms with E-state index in [2.05, 4.69) is 191 Å². The second-order valence-corrected chi connectivity index (χ2v) is 13.7. The van der Waals surface area contributed by atoms with Gasteiger partial charge in [-0.25, -0.2) is 0 Å². The molecule has 2 heterocycles. The Labute approximate surface area is 306 Å². The number of furan rings is 1. The molecule has 2 aromatic heterocycles. The van der Waals surface area contributed by atoms with Gasteiger partial charge in [0.15, 0.2) is 0 Å². The minimum atomic E-state index is 0.907. The molecule has 0 aliphatic rings. The van der Waals surface area contributed by atoms with Crippen LogP contribution in [0.25, 0.3) is 82.1 Å². The molecule has 3 heteroatoms. The highest BCUT2D eigenvalue weighted by Gasteiger charge is 2.22. The lowest BCUT2D eigenvalue weighted by molar-refractivity contribution is 0.670. The molecule has 0 unspecified atom stereocenters.